The largest absolute Gasteiger partial charge is 0.457 e. The molecule has 2 aromatic rings. The number of benzene rings is 2. The molecule has 0 radical (unpaired) electrons. The summed E-state index contributed by atoms with van der Waals surface area (Å²) in [7, 11) is 0. The maximum atomic E-state index is 5.84. The molecular formula is C14H12I2O. The summed E-state index contributed by atoms with van der Waals surface area (Å²) in [6, 6.07) is 12.3. The maximum Gasteiger partial charge on any atom is 0.127 e. The molecule has 0 fully saturated rings. The van der Waals surface area contributed by atoms with Crippen LogP contribution in [0.25, 0.3) is 0 Å². The van der Waals surface area contributed by atoms with Crippen LogP contribution in [0.15, 0.2) is 36.4 Å². The molecule has 0 aliphatic rings. The van der Waals surface area contributed by atoms with E-state index in [0.29, 0.717) is 0 Å². The van der Waals surface area contributed by atoms with Crippen LogP contribution < -0.4 is 4.74 Å². The molecule has 0 unspecified atom stereocenters. The molecule has 0 amide bonds. The van der Waals surface area contributed by atoms with Gasteiger partial charge in [0, 0.05) is 7.14 Å². The molecule has 3 heteroatoms. The summed E-state index contributed by atoms with van der Waals surface area (Å²) >= 11 is 4.65. The Balaban J connectivity index is 2.25. The number of ether oxygens (including phenoxy) is 1. The van der Waals surface area contributed by atoms with Gasteiger partial charge in [0.15, 0.2) is 0 Å². The van der Waals surface area contributed by atoms with Crippen molar-refractivity contribution in [3.63, 3.8) is 0 Å². The average molecular weight is 450 g/mol. The number of hydrogen-bond acceptors (Lipinski definition) is 1. The predicted octanol–water partition coefficient (Wildman–Crippen LogP) is 5.30. The zero-order valence-corrected chi connectivity index (χ0v) is 13.9. The van der Waals surface area contributed by atoms with Gasteiger partial charge in [-0.25, -0.2) is 0 Å². The maximum absolute atomic E-state index is 5.84. The van der Waals surface area contributed by atoms with Gasteiger partial charge in [-0.2, -0.15) is 0 Å². The fourth-order valence-electron chi connectivity index (χ4n) is 1.50. The molecule has 0 spiro atoms. The van der Waals surface area contributed by atoms with Crippen LogP contribution in [0.2, 0.25) is 0 Å². The molecule has 2 aromatic carbocycles. The highest BCUT2D eigenvalue weighted by Crippen LogP contribution is 2.26. The lowest BCUT2D eigenvalue weighted by Gasteiger charge is -2.08. The monoisotopic (exact) mass is 450 g/mol. The number of rotatable bonds is 2. The first-order chi connectivity index (χ1) is 8.06. The van der Waals surface area contributed by atoms with Crippen molar-refractivity contribution in [2.45, 2.75) is 13.8 Å². The van der Waals surface area contributed by atoms with E-state index in [1.807, 2.05) is 12.1 Å². The van der Waals surface area contributed by atoms with Crippen LogP contribution in [0.4, 0.5) is 0 Å². The van der Waals surface area contributed by atoms with Crippen molar-refractivity contribution in [3.8, 4) is 11.5 Å². The highest BCUT2D eigenvalue weighted by molar-refractivity contribution is 14.1. The molecule has 0 aromatic heterocycles. The SMILES string of the molecule is Cc1cc(Oc2ccc(I)c(C)c2)ccc1I. The van der Waals surface area contributed by atoms with Crippen molar-refractivity contribution in [3.05, 3.63) is 54.7 Å². The van der Waals surface area contributed by atoms with Crippen molar-refractivity contribution in [2.24, 2.45) is 0 Å². The predicted molar refractivity (Wildman–Crippen MR) is 87.9 cm³/mol. The van der Waals surface area contributed by atoms with E-state index in [-0.39, 0.29) is 0 Å². The number of halogens is 2. The van der Waals surface area contributed by atoms with Crippen LogP contribution in [-0.2, 0) is 0 Å². The van der Waals surface area contributed by atoms with E-state index >= 15 is 0 Å². The van der Waals surface area contributed by atoms with Crippen LogP contribution in [-0.4, -0.2) is 0 Å². The Morgan fingerprint density at radius 2 is 1.18 bits per heavy atom. The van der Waals surface area contributed by atoms with Gasteiger partial charge >= 0.3 is 0 Å². The Morgan fingerprint density at radius 3 is 1.53 bits per heavy atom. The molecule has 0 heterocycles. The van der Waals surface area contributed by atoms with Crippen molar-refractivity contribution < 1.29 is 4.74 Å². The third kappa shape index (κ3) is 3.34. The molecule has 0 bridgehead atoms. The van der Waals surface area contributed by atoms with Crippen LogP contribution >= 0.6 is 45.2 Å². The topological polar surface area (TPSA) is 9.23 Å². The molecule has 1 nitrogen and oxygen atoms in total. The second kappa shape index (κ2) is 5.56. The number of hydrogen-bond donors (Lipinski definition) is 0. The lowest BCUT2D eigenvalue weighted by Crippen LogP contribution is -1.88. The Bertz CT molecular complexity index is 500. The van der Waals surface area contributed by atoms with Crippen LogP contribution in [0.1, 0.15) is 11.1 Å². The van der Waals surface area contributed by atoms with Gasteiger partial charge in [-0.05, 0) is 107 Å². The molecule has 0 saturated heterocycles. The zero-order chi connectivity index (χ0) is 12.4. The van der Waals surface area contributed by atoms with Crippen molar-refractivity contribution >= 4 is 45.2 Å². The Labute approximate surface area is 129 Å². The summed E-state index contributed by atoms with van der Waals surface area (Å²) < 4.78 is 8.36. The summed E-state index contributed by atoms with van der Waals surface area (Å²) in [5.74, 6) is 1.78. The van der Waals surface area contributed by atoms with Crippen LogP contribution in [0.5, 0.6) is 11.5 Å². The minimum absolute atomic E-state index is 0.892. The van der Waals surface area contributed by atoms with Gasteiger partial charge in [0.2, 0.25) is 0 Å². The van der Waals surface area contributed by atoms with E-state index in [2.05, 4.69) is 83.3 Å². The smallest absolute Gasteiger partial charge is 0.127 e. The first-order valence-electron chi connectivity index (χ1n) is 5.26. The second-order valence-corrected chi connectivity index (χ2v) is 6.25. The molecule has 88 valence electrons. The van der Waals surface area contributed by atoms with Gasteiger partial charge in [-0.1, -0.05) is 0 Å². The van der Waals surface area contributed by atoms with Gasteiger partial charge < -0.3 is 4.74 Å². The van der Waals surface area contributed by atoms with Gasteiger partial charge in [0.05, 0.1) is 0 Å². The highest BCUT2D eigenvalue weighted by atomic mass is 127. The Kier molecular flexibility index (Phi) is 4.30. The average Bonchev–Trinajstić information content (AvgIpc) is 2.29. The zero-order valence-electron chi connectivity index (χ0n) is 9.63. The summed E-state index contributed by atoms with van der Waals surface area (Å²) in [4.78, 5) is 0. The fourth-order valence-corrected chi connectivity index (χ4v) is 2.17. The minimum Gasteiger partial charge on any atom is -0.457 e. The quantitative estimate of drug-likeness (QED) is 0.565. The van der Waals surface area contributed by atoms with Crippen molar-refractivity contribution in [1.82, 2.24) is 0 Å². The second-order valence-electron chi connectivity index (χ2n) is 3.92. The summed E-state index contributed by atoms with van der Waals surface area (Å²) in [5.41, 5.74) is 2.48. The third-order valence-electron chi connectivity index (χ3n) is 2.49. The lowest BCUT2D eigenvalue weighted by molar-refractivity contribution is 0.481. The van der Waals surface area contributed by atoms with Gasteiger partial charge in [-0.3, -0.25) is 0 Å². The van der Waals surface area contributed by atoms with Crippen LogP contribution in [0, 0.1) is 21.0 Å². The number of aryl methyl sites for hydroxylation is 2. The summed E-state index contributed by atoms with van der Waals surface area (Å²) in [6.07, 6.45) is 0. The normalized spacial score (nSPS) is 10.4. The molecule has 0 saturated carbocycles. The minimum atomic E-state index is 0.892. The van der Waals surface area contributed by atoms with Crippen molar-refractivity contribution in [2.75, 3.05) is 0 Å². The van der Waals surface area contributed by atoms with E-state index in [4.69, 9.17) is 4.74 Å². The lowest BCUT2D eigenvalue weighted by atomic mass is 10.2. The van der Waals surface area contributed by atoms with Gasteiger partial charge in [0.25, 0.3) is 0 Å². The molecule has 17 heavy (non-hydrogen) atoms. The molecule has 0 aliphatic heterocycles. The summed E-state index contributed by atoms with van der Waals surface area (Å²) in [5, 5.41) is 0. The van der Waals surface area contributed by atoms with Crippen molar-refractivity contribution in [1.29, 1.82) is 0 Å². The van der Waals surface area contributed by atoms with E-state index in [9.17, 15) is 0 Å². The van der Waals surface area contributed by atoms with E-state index in [1.54, 1.807) is 0 Å². The Morgan fingerprint density at radius 1 is 0.765 bits per heavy atom. The summed E-state index contributed by atoms with van der Waals surface area (Å²) in [6.45, 7) is 4.18. The molecule has 0 atom stereocenters. The standard InChI is InChI=1S/C14H12I2O/c1-9-7-11(3-5-13(9)15)17-12-4-6-14(16)10(2)8-12/h3-8H,1-2H3. The fraction of sp³-hybridized carbons (Fsp3) is 0.143. The molecule has 0 aliphatic carbocycles. The van der Waals surface area contributed by atoms with E-state index in [1.165, 1.54) is 18.3 Å². The first-order valence-corrected chi connectivity index (χ1v) is 7.42. The highest BCUT2D eigenvalue weighted by Gasteiger charge is 2.02. The molecular weight excluding hydrogens is 438 g/mol. The van der Waals surface area contributed by atoms with Crippen LogP contribution in [0.3, 0.4) is 0 Å². The molecule has 0 N–H and O–H groups in total. The third-order valence-corrected chi connectivity index (χ3v) is 4.92. The van der Waals surface area contributed by atoms with Gasteiger partial charge in [0.1, 0.15) is 11.5 Å². The van der Waals surface area contributed by atoms with E-state index in [0.717, 1.165) is 11.5 Å². The van der Waals surface area contributed by atoms with Gasteiger partial charge in [-0.15, -0.1) is 0 Å². The Hall–Kier alpha value is -0.300. The first kappa shape index (κ1) is 13.1. The molecule has 2 rings (SSSR count). The van der Waals surface area contributed by atoms with E-state index < -0.39 is 0 Å².